The van der Waals surface area contributed by atoms with Crippen LogP contribution in [0.4, 0.5) is 20.8 Å². The highest BCUT2D eigenvalue weighted by Gasteiger charge is 2.20. The molecule has 0 aliphatic carbocycles. The summed E-state index contributed by atoms with van der Waals surface area (Å²) in [4.78, 5) is 45.1. The first-order valence-corrected chi connectivity index (χ1v) is 9.50. The maximum atomic E-state index is 13.4. The summed E-state index contributed by atoms with van der Waals surface area (Å²) in [6.07, 6.45) is -1.18. The van der Waals surface area contributed by atoms with Gasteiger partial charge in [-0.25, -0.2) is 14.2 Å². The van der Waals surface area contributed by atoms with Crippen LogP contribution in [0.25, 0.3) is 11.0 Å². The zero-order chi connectivity index (χ0) is 22.8. The van der Waals surface area contributed by atoms with Crippen LogP contribution < -0.4 is 10.2 Å². The van der Waals surface area contributed by atoms with E-state index in [1.54, 1.807) is 36.4 Å². The van der Waals surface area contributed by atoms with Gasteiger partial charge in [0, 0.05) is 23.9 Å². The van der Waals surface area contributed by atoms with E-state index in [9.17, 15) is 18.8 Å². The fourth-order valence-electron chi connectivity index (χ4n) is 3.19. The summed E-state index contributed by atoms with van der Waals surface area (Å²) in [6.45, 7) is 0. The molecule has 0 saturated heterocycles. The SMILES string of the molecule is CN(C(=O)O)c1nc2ccc(C(=O)c3ccccc3C(=O)Nc3cccc(F)c3)cc2[nH]1. The summed E-state index contributed by atoms with van der Waals surface area (Å²) in [6, 6.07) is 16.5. The van der Waals surface area contributed by atoms with Crippen LogP contribution in [0.5, 0.6) is 0 Å². The van der Waals surface area contributed by atoms with Crippen LogP contribution in [0.1, 0.15) is 26.3 Å². The predicted molar refractivity (Wildman–Crippen MR) is 117 cm³/mol. The van der Waals surface area contributed by atoms with E-state index in [0.717, 1.165) is 4.90 Å². The van der Waals surface area contributed by atoms with Gasteiger partial charge in [0.15, 0.2) is 5.78 Å². The molecule has 8 nitrogen and oxygen atoms in total. The van der Waals surface area contributed by atoms with E-state index in [1.807, 2.05) is 0 Å². The fraction of sp³-hybridized carbons (Fsp3) is 0.0435. The highest BCUT2D eigenvalue weighted by atomic mass is 19.1. The van der Waals surface area contributed by atoms with Crippen molar-refractivity contribution in [3.8, 4) is 0 Å². The number of carbonyl (C=O) groups is 3. The Labute approximate surface area is 181 Å². The molecule has 0 unspecified atom stereocenters. The number of halogens is 1. The third kappa shape index (κ3) is 4.04. The molecule has 2 amide bonds. The van der Waals surface area contributed by atoms with Crippen LogP contribution in [0.15, 0.2) is 66.7 Å². The van der Waals surface area contributed by atoms with Crippen LogP contribution in [-0.4, -0.2) is 39.9 Å². The molecule has 1 aromatic heterocycles. The summed E-state index contributed by atoms with van der Waals surface area (Å²) in [7, 11) is 1.35. The molecule has 0 aliphatic rings. The number of benzene rings is 3. The van der Waals surface area contributed by atoms with Crippen LogP contribution in [0.2, 0.25) is 0 Å². The summed E-state index contributed by atoms with van der Waals surface area (Å²) in [5, 5.41) is 11.7. The van der Waals surface area contributed by atoms with Gasteiger partial charge in [-0.1, -0.05) is 24.3 Å². The number of imidazole rings is 1. The van der Waals surface area contributed by atoms with E-state index in [4.69, 9.17) is 5.11 Å². The molecule has 0 spiro atoms. The zero-order valence-electron chi connectivity index (χ0n) is 16.8. The Kier molecular flexibility index (Phi) is 5.38. The molecular weight excluding hydrogens is 415 g/mol. The minimum atomic E-state index is -1.18. The zero-order valence-corrected chi connectivity index (χ0v) is 16.8. The molecule has 0 fully saturated rings. The van der Waals surface area contributed by atoms with Crippen molar-refractivity contribution in [3.63, 3.8) is 0 Å². The first-order chi connectivity index (χ1) is 15.3. The molecule has 32 heavy (non-hydrogen) atoms. The van der Waals surface area contributed by atoms with Gasteiger partial charge in [0.2, 0.25) is 5.95 Å². The van der Waals surface area contributed by atoms with Crippen LogP contribution in [-0.2, 0) is 0 Å². The van der Waals surface area contributed by atoms with Crippen molar-refractivity contribution in [2.75, 3.05) is 17.3 Å². The molecule has 0 saturated carbocycles. The lowest BCUT2D eigenvalue weighted by Gasteiger charge is -2.10. The number of nitrogens with zero attached hydrogens (tertiary/aromatic N) is 2. The van der Waals surface area contributed by atoms with E-state index in [0.29, 0.717) is 11.0 Å². The first kappa shape index (κ1) is 20.7. The van der Waals surface area contributed by atoms with E-state index < -0.39 is 23.6 Å². The standard InChI is InChI=1S/C23H17FN4O4/c1-28(23(31)32)22-26-18-10-9-13(11-19(18)27-22)20(29)16-7-2-3-8-17(16)21(30)25-15-6-4-5-14(24)12-15/h2-12H,1H3,(H,25,30)(H,26,27)(H,31,32). The Bertz CT molecular complexity index is 1370. The number of rotatable bonds is 5. The van der Waals surface area contributed by atoms with E-state index in [1.165, 1.54) is 37.4 Å². The lowest BCUT2D eigenvalue weighted by Crippen LogP contribution is -2.24. The lowest BCUT2D eigenvalue weighted by atomic mass is 9.97. The van der Waals surface area contributed by atoms with Crippen LogP contribution in [0.3, 0.4) is 0 Å². The largest absolute Gasteiger partial charge is 0.465 e. The van der Waals surface area contributed by atoms with Gasteiger partial charge in [-0.05, 0) is 42.5 Å². The summed E-state index contributed by atoms with van der Waals surface area (Å²) in [5.74, 6) is -1.33. The highest BCUT2D eigenvalue weighted by Crippen LogP contribution is 2.22. The van der Waals surface area contributed by atoms with Crippen molar-refractivity contribution in [2.45, 2.75) is 0 Å². The molecule has 9 heteroatoms. The normalized spacial score (nSPS) is 10.7. The van der Waals surface area contributed by atoms with Crippen molar-refractivity contribution >= 4 is 40.5 Å². The second-order valence-corrected chi connectivity index (χ2v) is 6.97. The molecular formula is C23H17FN4O4. The van der Waals surface area contributed by atoms with Gasteiger partial charge >= 0.3 is 6.09 Å². The van der Waals surface area contributed by atoms with Gasteiger partial charge in [0.05, 0.1) is 16.6 Å². The van der Waals surface area contributed by atoms with Gasteiger partial charge in [0.1, 0.15) is 5.82 Å². The number of hydrogen-bond acceptors (Lipinski definition) is 4. The third-order valence-corrected chi connectivity index (χ3v) is 4.84. The van der Waals surface area contributed by atoms with E-state index in [2.05, 4.69) is 15.3 Å². The molecule has 3 aromatic carbocycles. The van der Waals surface area contributed by atoms with Crippen molar-refractivity contribution in [2.24, 2.45) is 0 Å². The van der Waals surface area contributed by atoms with Crippen LogP contribution >= 0.6 is 0 Å². The minimum Gasteiger partial charge on any atom is -0.465 e. The molecule has 0 radical (unpaired) electrons. The van der Waals surface area contributed by atoms with E-state index in [-0.39, 0.29) is 28.3 Å². The first-order valence-electron chi connectivity index (χ1n) is 9.50. The maximum Gasteiger partial charge on any atom is 0.413 e. The van der Waals surface area contributed by atoms with Gasteiger partial charge in [0.25, 0.3) is 5.91 Å². The lowest BCUT2D eigenvalue weighted by molar-refractivity contribution is 0.0996. The fourth-order valence-corrected chi connectivity index (χ4v) is 3.19. The summed E-state index contributed by atoms with van der Waals surface area (Å²) < 4.78 is 13.4. The van der Waals surface area contributed by atoms with Gasteiger partial charge < -0.3 is 15.4 Å². The second-order valence-electron chi connectivity index (χ2n) is 6.97. The monoisotopic (exact) mass is 432 g/mol. The Morgan fingerprint density at radius 3 is 2.47 bits per heavy atom. The topological polar surface area (TPSA) is 115 Å². The Morgan fingerprint density at radius 1 is 1.00 bits per heavy atom. The van der Waals surface area contributed by atoms with Crippen molar-refractivity contribution in [1.82, 2.24) is 9.97 Å². The smallest absolute Gasteiger partial charge is 0.413 e. The summed E-state index contributed by atoms with van der Waals surface area (Å²) in [5.41, 5.74) is 1.83. The number of anilines is 2. The highest BCUT2D eigenvalue weighted by molar-refractivity contribution is 6.18. The molecule has 0 aliphatic heterocycles. The van der Waals surface area contributed by atoms with Gasteiger partial charge in [-0.2, -0.15) is 0 Å². The Balaban J connectivity index is 1.65. The molecule has 4 aromatic rings. The number of carboxylic acid groups (broad SMARTS) is 1. The predicted octanol–water partition coefficient (Wildman–Crippen LogP) is 4.30. The molecule has 1 heterocycles. The van der Waals surface area contributed by atoms with Crippen LogP contribution in [0, 0.1) is 5.82 Å². The Hall–Kier alpha value is -4.53. The molecule has 0 atom stereocenters. The van der Waals surface area contributed by atoms with Crippen molar-refractivity contribution in [1.29, 1.82) is 0 Å². The second kappa shape index (κ2) is 8.31. The average Bonchev–Trinajstić information content (AvgIpc) is 3.21. The third-order valence-electron chi connectivity index (χ3n) is 4.84. The molecule has 4 rings (SSSR count). The number of nitrogens with one attached hydrogen (secondary N) is 2. The quantitative estimate of drug-likeness (QED) is 0.407. The number of amides is 2. The van der Waals surface area contributed by atoms with Gasteiger partial charge in [-0.15, -0.1) is 0 Å². The number of fused-ring (bicyclic) bond motifs is 1. The molecule has 0 bridgehead atoms. The van der Waals surface area contributed by atoms with Crippen molar-refractivity contribution in [3.05, 3.63) is 89.2 Å². The number of ketones is 1. The number of hydrogen-bond donors (Lipinski definition) is 3. The minimum absolute atomic E-state index is 0.118. The van der Waals surface area contributed by atoms with Crippen molar-refractivity contribution < 1.29 is 23.9 Å². The molecule has 3 N–H and O–H groups in total. The Morgan fingerprint density at radius 2 is 1.75 bits per heavy atom. The number of carbonyl (C=O) groups excluding carboxylic acids is 2. The van der Waals surface area contributed by atoms with E-state index >= 15 is 0 Å². The summed E-state index contributed by atoms with van der Waals surface area (Å²) >= 11 is 0. The van der Waals surface area contributed by atoms with Gasteiger partial charge in [-0.3, -0.25) is 14.5 Å². The average molecular weight is 432 g/mol. The number of aromatic nitrogens is 2. The maximum absolute atomic E-state index is 13.4. The number of aromatic amines is 1. The number of H-pyrrole nitrogens is 1. The molecule has 160 valence electrons.